The van der Waals surface area contributed by atoms with E-state index in [-0.39, 0.29) is 28.7 Å². The minimum absolute atomic E-state index is 0.0687. The molecule has 3 aromatic carbocycles. The van der Waals surface area contributed by atoms with E-state index in [1.54, 1.807) is 43.3 Å². The Morgan fingerprint density at radius 3 is 2.62 bits per heavy atom. The largest absolute Gasteiger partial charge is 0.496 e. The summed E-state index contributed by atoms with van der Waals surface area (Å²) < 4.78 is 63.3. The molecule has 2 N–H and O–H groups in total. The number of nitrogens with zero attached hydrogens (tertiary/aromatic N) is 1. The summed E-state index contributed by atoms with van der Waals surface area (Å²) in [6, 6.07) is 15.4. The van der Waals surface area contributed by atoms with Crippen LogP contribution in [0.25, 0.3) is 0 Å². The van der Waals surface area contributed by atoms with Gasteiger partial charge in [0.15, 0.2) is 0 Å². The molecule has 0 fully saturated rings. The van der Waals surface area contributed by atoms with Gasteiger partial charge >= 0.3 is 0 Å². The Bertz CT molecular complexity index is 1310. The highest BCUT2D eigenvalue weighted by Crippen LogP contribution is 2.41. The number of methoxy groups -OCH3 is 1. The smallest absolute Gasteiger partial charge is 0.287 e. The van der Waals surface area contributed by atoms with Gasteiger partial charge in [-0.3, -0.25) is 0 Å². The van der Waals surface area contributed by atoms with E-state index in [0.717, 1.165) is 6.07 Å². The molecule has 0 aromatic heterocycles. The Morgan fingerprint density at radius 1 is 1.09 bits per heavy atom. The number of ether oxygens (including phenoxy) is 1. The third-order valence-corrected chi connectivity index (χ3v) is 6.59. The summed E-state index contributed by atoms with van der Waals surface area (Å²) in [6.45, 7) is 1.90. The third kappa shape index (κ3) is 4.16. The van der Waals surface area contributed by atoms with Gasteiger partial charge in [0.2, 0.25) is 5.96 Å². The van der Waals surface area contributed by atoms with Crippen LogP contribution in [0.3, 0.4) is 0 Å². The maximum absolute atomic E-state index is 15.0. The summed E-state index contributed by atoms with van der Waals surface area (Å²) in [7, 11) is -2.56. The molecule has 1 heterocycles. The molecule has 4 rings (SSSR count). The number of benzene rings is 3. The number of para-hydroxylation sites is 1. The first-order valence-corrected chi connectivity index (χ1v) is 11.3. The van der Waals surface area contributed by atoms with Crippen LogP contribution in [0.5, 0.6) is 5.75 Å². The molecule has 0 amide bonds. The average Bonchev–Trinajstić information content (AvgIpc) is 2.76. The molecule has 1 aliphatic rings. The molecule has 0 saturated carbocycles. The van der Waals surface area contributed by atoms with Crippen LogP contribution >= 0.6 is 0 Å². The van der Waals surface area contributed by atoms with Crippen LogP contribution in [0.4, 0.5) is 14.5 Å². The lowest BCUT2D eigenvalue weighted by Gasteiger charge is -2.25. The average molecular weight is 458 g/mol. The van der Waals surface area contributed by atoms with Gasteiger partial charge in [0.05, 0.1) is 12.8 Å². The zero-order valence-electron chi connectivity index (χ0n) is 17.4. The van der Waals surface area contributed by atoms with Crippen LogP contribution in [0.2, 0.25) is 0 Å². The van der Waals surface area contributed by atoms with Crippen molar-refractivity contribution in [2.45, 2.75) is 24.3 Å². The van der Waals surface area contributed by atoms with Gasteiger partial charge in [-0.25, -0.2) is 8.78 Å². The Morgan fingerprint density at radius 2 is 1.88 bits per heavy atom. The molecule has 0 bridgehead atoms. The maximum Gasteiger partial charge on any atom is 0.287 e. The number of fused-ring (bicyclic) bond motifs is 1. The van der Waals surface area contributed by atoms with E-state index in [4.69, 9.17) is 4.74 Å². The van der Waals surface area contributed by atoms with Gasteiger partial charge in [0, 0.05) is 23.6 Å². The van der Waals surface area contributed by atoms with Gasteiger partial charge in [-0.1, -0.05) is 37.3 Å². The molecule has 1 aliphatic heterocycles. The second kappa shape index (κ2) is 8.58. The van der Waals surface area contributed by atoms with Gasteiger partial charge in [-0.15, -0.1) is 4.40 Å². The van der Waals surface area contributed by atoms with Crippen molar-refractivity contribution in [2.24, 2.45) is 4.40 Å². The Balaban J connectivity index is 1.72. The summed E-state index contributed by atoms with van der Waals surface area (Å²) >= 11 is 0. The van der Waals surface area contributed by atoms with Crippen LogP contribution in [0, 0.1) is 11.6 Å². The number of hydrogen-bond acceptors (Lipinski definition) is 5. The number of halogens is 2. The molecular formula is C23H21F2N3O3S. The van der Waals surface area contributed by atoms with Crippen LogP contribution < -0.4 is 15.4 Å². The molecular weight excluding hydrogens is 436 g/mol. The number of guanidine groups is 1. The molecule has 166 valence electrons. The zero-order chi connectivity index (χ0) is 22.9. The predicted molar refractivity (Wildman–Crippen MR) is 118 cm³/mol. The van der Waals surface area contributed by atoms with E-state index in [9.17, 15) is 12.8 Å². The summed E-state index contributed by atoms with van der Waals surface area (Å²) in [5.41, 5.74) is 1.59. The molecule has 6 nitrogen and oxygen atoms in total. The van der Waals surface area contributed by atoms with Gasteiger partial charge in [0.25, 0.3) is 10.0 Å². The van der Waals surface area contributed by atoms with Crippen molar-refractivity contribution in [3.63, 3.8) is 0 Å². The highest BCUT2D eigenvalue weighted by molar-refractivity contribution is 7.90. The Labute approximate surface area is 185 Å². The SMILES string of the molecule is COc1ccccc1[C@H](C)c1c(F)ccc2c1NC(NCc1cccc(F)c1)=NS2(=O)=O. The fraction of sp³-hybridized carbons (Fsp3) is 0.174. The molecule has 0 spiro atoms. The molecule has 3 aromatic rings. The quantitative estimate of drug-likeness (QED) is 0.594. The summed E-state index contributed by atoms with van der Waals surface area (Å²) in [6.07, 6.45) is 0. The fourth-order valence-electron chi connectivity index (χ4n) is 3.74. The normalized spacial score (nSPS) is 15.2. The summed E-state index contributed by atoms with van der Waals surface area (Å²) in [4.78, 5) is -0.119. The standard InChI is InChI=1S/C23H21F2N3O3S/c1-14(17-8-3-4-9-19(17)31-2)21-18(25)10-11-20-22(21)27-23(28-32(20,29)30)26-13-15-6-5-7-16(24)12-15/h3-12,14H,13H2,1-2H3,(H2,26,27,28)/t14-/m0/s1. The molecule has 0 radical (unpaired) electrons. The van der Waals surface area contributed by atoms with Crippen molar-refractivity contribution in [3.8, 4) is 5.75 Å². The van der Waals surface area contributed by atoms with Crippen molar-refractivity contribution >= 4 is 21.7 Å². The second-order valence-electron chi connectivity index (χ2n) is 7.32. The van der Waals surface area contributed by atoms with Crippen LogP contribution in [0.15, 0.2) is 70.0 Å². The number of nitrogens with one attached hydrogen (secondary N) is 2. The van der Waals surface area contributed by atoms with Gasteiger partial charge in [-0.05, 0) is 35.9 Å². The molecule has 0 unspecified atom stereocenters. The van der Waals surface area contributed by atoms with Crippen LogP contribution in [0.1, 0.15) is 29.5 Å². The first kappa shape index (κ1) is 21.8. The van der Waals surface area contributed by atoms with Crippen molar-refractivity contribution in [1.82, 2.24) is 5.32 Å². The van der Waals surface area contributed by atoms with E-state index in [1.807, 2.05) is 0 Å². The molecule has 0 aliphatic carbocycles. The lowest BCUT2D eigenvalue weighted by atomic mass is 9.90. The van der Waals surface area contributed by atoms with Crippen LogP contribution in [-0.4, -0.2) is 21.5 Å². The van der Waals surface area contributed by atoms with E-state index in [0.29, 0.717) is 16.9 Å². The molecule has 9 heteroatoms. The maximum atomic E-state index is 15.0. The topological polar surface area (TPSA) is 79.8 Å². The van der Waals surface area contributed by atoms with Gasteiger partial charge in [0.1, 0.15) is 22.3 Å². The van der Waals surface area contributed by atoms with Gasteiger partial charge < -0.3 is 15.4 Å². The van der Waals surface area contributed by atoms with E-state index in [1.165, 1.54) is 25.3 Å². The van der Waals surface area contributed by atoms with E-state index < -0.39 is 27.6 Å². The zero-order valence-corrected chi connectivity index (χ0v) is 18.2. The first-order valence-electron chi connectivity index (χ1n) is 9.86. The Hall–Kier alpha value is -3.46. The molecule has 32 heavy (non-hydrogen) atoms. The predicted octanol–water partition coefficient (Wildman–Crippen LogP) is 4.39. The second-order valence-corrected chi connectivity index (χ2v) is 8.89. The van der Waals surface area contributed by atoms with Crippen molar-refractivity contribution < 1.29 is 21.9 Å². The highest BCUT2D eigenvalue weighted by atomic mass is 32.2. The third-order valence-electron chi connectivity index (χ3n) is 5.27. The number of anilines is 1. The monoisotopic (exact) mass is 457 g/mol. The number of rotatable bonds is 5. The van der Waals surface area contributed by atoms with Crippen molar-refractivity contribution in [2.75, 3.05) is 12.4 Å². The highest BCUT2D eigenvalue weighted by Gasteiger charge is 2.31. The van der Waals surface area contributed by atoms with Gasteiger partial charge in [-0.2, -0.15) is 8.42 Å². The van der Waals surface area contributed by atoms with Crippen LogP contribution in [-0.2, 0) is 16.6 Å². The van der Waals surface area contributed by atoms with Crippen molar-refractivity contribution in [3.05, 3.63) is 89.0 Å². The Kier molecular flexibility index (Phi) is 5.84. The minimum Gasteiger partial charge on any atom is -0.496 e. The first-order chi connectivity index (χ1) is 15.3. The van der Waals surface area contributed by atoms with E-state index >= 15 is 4.39 Å². The molecule has 1 atom stereocenters. The van der Waals surface area contributed by atoms with Crippen molar-refractivity contribution in [1.29, 1.82) is 0 Å². The minimum atomic E-state index is -4.08. The fourth-order valence-corrected chi connectivity index (χ4v) is 4.85. The summed E-state index contributed by atoms with van der Waals surface area (Å²) in [5, 5.41) is 5.78. The lowest BCUT2D eigenvalue weighted by molar-refractivity contribution is 0.408. The molecule has 0 saturated heterocycles. The lowest BCUT2D eigenvalue weighted by Crippen LogP contribution is -2.35. The summed E-state index contributed by atoms with van der Waals surface area (Å²) in [5.74, 6) is -0.993. The number of hydrogen-bond donors (Lipinski definition) is 2. The number of sulfonamides is 1. The van der Waals surface area contributed by atoms with E-state index in [2.05, 4.69) is 15.0 Å².